The number of hydrogen-bond donors (Lipinski definition) is 3. The first kappa shape index (κ1) is 17.5. The van der Waals surface area contributed by atoms with E-state index in [0.717, 1.165) is 0 Å². The van der Waals surface area contributed by atoms with Gasteiger partial charge < -0.3 is 15.7 Å². The first-order valence-corrected chi connectivity index (χ1v) is 7.47. The summed E-state index contributed by atoms with van der Waals surface area (Å²) in [5, 5.41) is 15.2. The molecule has 0 spiro atoms. The summed E-state index contributed by atoms with van der Waals surface area (Å²) in [4.78, 5) is 23.7. The quantitative estimate of drug-likeness (QED) is 0.588. The summed E-state index contributed by atoms with van der Waals surface area (Å²) in [6.07, 6.45) is 4.26. The van der Waals surface area contributed by atoms with Crippen LogP contribution in [0.3, 0.4) is 0 Å². The molecule has 0 aliphatic heterocycles. The summed E-state index contributed by atoms with van der Waals surface area (Å²) >= 11 is 5.96. The third kappa shape index (κ3) is 4.59. The van der Waals surface area contributed by atoms with Crippen LogP contribution in [0.5, 0.6) is 0 Å². The monoisotopic (exact) mass is 342 g/mol. The standard InChI is InChI=1S/C18H15ClN2O3/c1-2-12-6-5-7-13(10-12)21-18(24)17(23)20-11-16(22)14-8-3-4-9-15(14)19/h1,3-10,16,22H,11H2,(H,20,23)(H,21,24). The van der Waals surface area contributed by atoms with Crippen molar-refractivity contribution in [3.05, 3.63) is 64.7 Å². The van der Waals surface area contributed by atoms with Crippen molar-refractivity contribution in [2.24, 2.45) is 0 Å². The molecule has 0 aliphatic carbocycles. The van der Waals surface area contributed by atoms with Crippen LogP contribution in [-0.2, 0) is 9.59 Å². The molecule has 122 valence electrons. The van der Waals surface area contributed by atoms with Crippen molar-refractivity contribution in [2.75, 3.05) is 11.9 Å². The highest BCUT2D eigenvalue weighted by molar-refractivity contribution is 6.39. The zero-order valence-corrected chi connectivity index (χ0v) is 13.4. The molecule has 0 aliphatic rings. The topological polar surface area (TPSA) is 78.4 Å². The smallest absolute Gasteiger partial charge is 0.313 e. The van der Waals surface area contributed by atoms with Crippen LogP contribution in [-0.4, -0.2) is 23.5 Å². The molecule has 5 nitrogen and oxygen atoms in total. The Morgan fingerprint density at radius 3 is 2.62 bits per heavy atom. The predicted molar refractivity (Wildman–Crippen MR) is 92.4 cm³/mol. The van der Waals surface area contributed by atoms with Crippen LogP contribution in [0.15, 0.2) is 48.5 Å². The summed E-state index contributed by atoms with van der Waals surface area (Å²) in [5.74, 6) is 0.716. The molecule has 0 radical (unpaired) electrons. The van der Waals surface area contributed by atoms with Gasteiger partial charge >= 0.3 is 11.8 Å². The molecule has 2 rings (SSSR count). The maximum absolute atomic E-state index is 11.8. The Balaban J connectivity index is 1.91. The lowest BCUT2D eigenvalue weighted by molar-refractivity contribution is -0.136. The molecule has 0 heterocycles. The number of halogens is 1. The van der Waals surface area contributed by atoms with Gasteiger partial charge in [-0.15, -0.1) is 6.42 Å². The molecule has 0 fully saturated rings. The van der Waals surface area contributed by atoms with Gasteiger partial charge in [-0.3, -0.25) is 9.59 Å². The Kier molecular flexibility index (Phi) is 5.96. The Morgan fingerprint density at radius 1 is 1.17 bits per heavy atom. The average molecular weight is 343 g/mol. The molecule has 1 unspecified atom stereocenters. The van der Waals surface area contributed by atoms with Gasteiger partial charge in [-0.05, 0) is 24.3 Å². The molecule has 3 N–H and O–H groups in total. The number of amides is 2. The van der Waals surface area contributed by atoms with Crippen molar-refractivity contribution in [3.63, 3.8) is 0 Å². The summed E-state index contributed by atoms with van der Waals surface area (Å²) in [6, 6.07) is 13.3. The van der Waals surface area contributed by atoms with Crippen LogP contribution in [0.4, 0.5) is 5.69 Å². The minimum absolute atomic E-state index is 0.139. The van der Waals surface area contributed by atoms with Crippen molar-refractivity contribution >= 4 is 29.1 Å². The number of nitrogens with one attached hydrogen (secondary N) is 2. The first-order chi connectivity index (χ1) is 11.5. The summed E-state index contributed by atoms with van der Waals surface area (Å²) in [5.41, 5.74) is 1.47. The lowest BCUT2D eigenvalue weighted by Crippen LogP contribution is -2.37. The molecule has 0 saturated carbocycles. The minimum Gasteiger partial charge on any atom is -0.387 e. The maximum Gasteiger partial charge on any atom is 0.313 e. The summed E-state index contributed by atoms with van der Waals surface area (Å²) in [6.45, 7) is -0.139. The SMILES string of the molecule is C#Cc1cccc(NC(=O)C(=O)NCC(O)c2ccccc2Cl)c1. The van der Waals surface area contributed by atoms with Gasteiger partial charge in [0.1, 0.15) is 0 Å². The number of aliphatic hydroxyl groups is 1. The second-order valence-electron chi connectivity index (χ2n) is 4.93. The van der Waals surface area contributed by atoms with Gasteiger partial charge in [-0.2, -0.15) is 0 Å². The molecule has 2 aromatic carbocycles. The number of anilines is 1. The van der Waals surface area contributed by atoms with Crippen molar-refractivity contribution in [1.29, 1.82) is 0 Å². The summed E-state index contributed by atoms with van der Waals surface area (Å²) in [7, 11) is 0. The number of aliphatic hydroxyl groups excluding tert-OH is 1. The number of carbonyl (C=O) groups is 2. The Labute approximate surface area is 144 Å². The van der Waals surface area contributed by atoms with E-state index in [2.05, 4.69) is 16.6 Å². The van der Waals surface area contributed by atoms with Crippen LogP contribution in [0.1, 0.15) is 17.2 Å². The molecule has 2 aromatic rings. The van der Waals surface area contributed by atoms with Crippen LogP contribution in [0.2, 0.25) is 5.02 Å². The first-order valence-electron chi connectivity index (χ1n) is 7.09. The number of hydrogen-bond acceptors (Lipinski definition) is 3. The van der Waals surface area contributed by atoms with Crippen molar-refractivity contribution < 1.29 is 14.7 Å². The van der Waals surface area contributed by atoms with Gasteiger partial charge in [-0.1, -0.05) is 41.8 Å². The van der Waals surface area contributed by atoms with Gasteiger partial charge in [0.25, 0.3) is 0 Å². The molecular formula is C18H15ClN2O3. The van der Waals surface area contributed by atoms with Gasteiger partial charge in [0.15, 0.2) is 0 Å². The number of carbonyl (C=O) groups excluding carboxylic acids is 2. The molecule has 24 heavy (non-hydrogen) atoms. The highest BCUT2D eigenvalue weighted by Crippen LogP contribution is 2.21. The van der Waals surface area contributed by atoms with Crippen LogP contribution < -0.4 is 10.6 Å². The highest BCUT2D eigenvalue weighted by Gasteiger charge is 2.17. The van der Waals surface area contributed by atoms with Crippen molar-refractivity contribution in [2.45, 2.75) is 6.10 Å². The number of benzene rings is 2. The average Bonchev–Trinajstić information content (AvgIpc) is 2.59. The van der Waals surface area contributed by atoms with E-state index in [0.29, 0.717) is 21.8 Å². The second kappa shape index (κ2) is 8.16. The van der Waals surface area contributed by atoms with E-state index in [1.807, 2.05) is 0 Å². The molecule has 2 amide bonds. The molecule has 1 atom stereocenters. The molecule has 0 bridgehead atoms. The highest BCUT2D eigenvalue weighted by atomic mass is 35.5. The van der Waals surface area contributed by atoms with Crippen LogP contribution in [0.25, 0.3) is 0 Å². The fraction of sp³-hybridized carbons (Fsp3) is 0.111. The third-order valence-electron chi connectivity index (χ3n) is 3.21. The van der Waals surface area contributed by atoms with Crippen LogP contribution in [0, 0.1) is 12.3 Å². The Hall–Kier alpha value is -2.81. The number of rotatable bonds is 4. The Morgan fingerprint density at radius 2 is 1.92 bits per heavy atom. The van der Waals surface area contributed by atoms with E-state index in [4.69, 9.17) is 18.0 Å². The van der Waals surface area contributed by atoms with E-state index in [9.17, 15) is 14.7 Å². The molecule has 0 saturated heterocycles. The van der Waals surface area contributed by atoms with Gasteiger partial charge in [0.2, 0.25) is 0 Å². The van der Waals surface area contributed by atoms with E-state index < -0.39 is 17.9 Å². The van der Waals surface area contributed by atoms with Crippen molar-refractivity contribution in [3.8, 4) is 12.3 Å². The van der Waals surface area contributed by atoms with E-state index in [1.54, 1.807) is 48.5 Å². The lowest BCUT2D eigenvalue weighted by atomic mass is 10.1. The molecular weight excluding hydrogens is 328 g/mol. The summed E-state index contributed by atoms with van der Waals surface area (Å²) < 4.78 is 0. The molecule has 6 heteroatoms. The third-order valence-corrected chi connectivity index (χ3v) is 3.56. The lowest BCUT2D eigenvalue weighted by Gasteiger charge is -2.13. The number of terminal acetylenes is 1. The minimum atomic E-state index is -1.01. The van der Waals surface area contributed by atoms with Crippen LogP contribution >= 0.6 is 11.6 Å². The molecule has 0 aromatic heterocycles. The van der Waals surface area contributed by atoms with Gasteiger partial charge in [-0.25, -0.2) is 0 Å². The van der Waals surface area contributed by atoms with E-state index in [-0.39, 0.29) is 6.54 Å². The fourth-order valence-electron chi connectivity index (χ4n) is 2.00. The van der Waals surface area contributed by atoms with E-state index >= 15 is 0 Å². The largest absolute Gasteiger partial charge is 0.387 e. The zero-order valence-electron chi connectivity index (χ0n) is 12.6. The normalized spacial score (nSPS) is 11.2. The van der Waals surface area contributed by atoms with Crippen molar-refractivity contribution in [1.82, 2.24) is 5.32 Å². The van der Waals surface area contributed by atoms with E-state index in [1.165, 1.54) is 0 Å². The maximum atomic E-state index is 11.8. The fourth-order valence-corrected chi connectivity index (χ4v) is 2.26. The second-order valence-corrected chi connectivity index (χ2v) is 5.33. The predicted octanol–water partition coefficient (Wildman–Crippen LogP) is 2.11. The zero-order chi connectivity index (χ0) is 17.5. The van der Waals surface area contributed by atoms with Gasteiger partial charge in [0, 0.05) is 28.4 Å². The Bertz CT molecular complexity index is 799. The van der Waals surface area contributed by atoms with Gasteiger partial charge in [0.05, 0.1) is 6.10 Å².